The predicted octanol–water partition coefficient (Wildman–Crippen LogP) is 2.97. The summed E-state index contributed by atoms with van der Waals surface area (Å²) in [6.07, 6.45) is 0.450. The van der Waals surface area contributed by atoms with Crippen LogP contribution in [-0.4, -0.2) is 29.6 Å². The average molecular weight is 302 g/mol. The predicted molar refractivity (Wildman–Crippen MR) is 83.2 cm³/mol. The number of nitrogens with zero attached hydrogens (tertiary/aromatic N) is 1. The van der Waals surface area contributed by atoms with E-state index in [1.54, 1.807) is 12.1 Å². The fourth-order valence-electron chi connectivity index (χ4n) is 2.70. The zero-order valence-electron chi connectivity index (χ0n) is 12.7. The maximum absolute atomic E-state index is 13.9. The van der Waals surface area contributed by atoms with Crippen molar-refractivity contribution in [2.45, 2.75) is 45.7 Å². The van der Waals surface area contributed by atoms with Gasteiger partial charge in [-0.1, -0.05) is 31.5 Å². The highest BCUT2D eigenvalue weighted by molar-refractivity contribution is 6.31. The lowest BCUT2D eigenvalue weighted by molar-refractivity contribution is 0.0909. The zero-order chi connectivity index (χ0) is 15.3. The second-order valence-corrected chi connectivity index (χ2v) is 5.86. The molecule has 0 aliphatic carbocycles. The van der Waals surface area contributed by atoms with Crippen LogP contribution in [0, 0.1) is 5.82 Å². The van der Waals surface area contributed by atoms with Gasteiger partial charge in [0.2, 0.25) is 0 Å². The summed E-state index contributed by atoms with van der Waals surface area (Å²) in [5.74, 6) is 5.43. The van der Waals surface area contributed by atoms with Crippen molar-refractivity contribution in [1.29, 1.82) is 0 Å². The third-order valence-electron chi connectivity index (χ3n) is 4.10. The summed E-state index contributed by atoms with van der Waals surface area (Å²) in [4.78, 5) is 2.30. The molecule has 0 bridgehead atoms. The molecule has 0 radical (unpaired) electrons. The Bertz CT molecular complexity index is 413. The molecule has 0 saturated heterocycles. The summed E-state index contributed by atoms with van der Waals surface area (Å²) in [7, 11) is 0. The summed E-state index contributed by atoms with van der Waals surface area (Å²) in [5, 5.41) is 0.445. The Kier molecular flexibility index (Phi) is 6.40. The van der Waals surface area contributed by atoms with E-state index in [1.807, 2.05) is 0 Å². The van der Waals surface area contributed by atoms with Gasteiger partial charge in [0.15, 0.2) is 0 Å². The van der Waals surface area contributed by atoms with Crippen LogP contribution in [0.2, 0.25) is 5.02 Å². The second-order valence-electron chi connectivity index (χ2n) is 5.45. The van der Waals surface area contributed by atoms with Gasteiger partial charge in [-0.15, -0.1) is 0 Å². The van der Waals surface area contributed by atoms with Gasteiger partial charge in [0, 0.05) is 22.2 Å². The molecule has 0 saturated carbocycles. The molecule has 3 N–H and O–H groups in total. The van der Waals surface area contributed by atoms with Crippen LogP contribution in [0.25, 0.3) is 0 Å². The highest BCUT2D eigenvalue weighted by Crippen LogP contribution is 2.26. The minimum atomic E-state index is -0.284. The normalized spacial score (nSPS) is 13.8. The monoisotopic (exact) mass is 301 g/mol. The maximum atomic E-state index is 13.9. The number of likely N-dealkylation sites (N-methyl/N-ethyl adjacent to an activating group) is 1. The van der Waals surface area contributed by atoms with Crippen molar-refractivity contribution in [3.8, 4) is 0 Å². The van der Waals surface area contributed by atoms with Crippen molar-refractivity contribution in [1.82, 2.24) is 10.3 Å². The number of halogens is 2. The topological polar surface area (TPSA) is 41.3 Å². The van der Waals surface area contributed by atoms with Gasteiger partial charge < -0.3 is 0 Å². The molecule has 114 valence electrons. The van der Waals surface area contributed by atoms with E-state index in [4.69, 9.17) is 17.4 Å². The number of nitrogens with two attached hydrogens (primary N) is 1. The number of hydrogen-bond acceptors (Lipinski definition) is 3. The van der Waals surface area contributed by atoms with Crippen molar-refractivity contribution in [2.24, 2.45) is 5.84 Å². The third kappa shape index (κ3) is 3.70. The molecule has 0 amide bonds. The fraction of sp³-hybridized carbons (Fsp3) is 0.600. The zero-order valence-corrected chi connectivity index (χ0v) is 13.5. The summed E-state index contributed by atoms with van der Waals surface area (Å²) < 4.78 is 13.9. The van der Waals surface area contributed by atoms with Gasteiger partial charge in [-0.3, -0.25) is 16.2 Å². The Hall–Kier alpha value is -0.680. The highest BCUT2D eigenvalue weighted by atomic mass is 35.5. The molecule has 0 spiro atoms. The number of rotatable bonds is 7. The second kappa shape index (κ2) is 7.36. The van der Waals surface area contributed by atoms with Gasteiger partial charge >= 0.3 is 0 Å². The first-order valence-corrected chi connectivity index (χ1v) is 7.40. The Morgan fingerprint density at radius 3 is 2.40 bits per heavy atom. The van der Waals surface area contributed by atoms with Crippen LogP contribution >= 0.6 is 11.6 Å². The Balaban J connectivity index is 3.02. The van der Waals surface area contributed by atoms with E-state index >= 15 is 0 Å². The van der Waals surface area contributed by atoms with E-state index in [0.717, 1.165) is 13.1 Å². The molecule has 0 aliphatic rings. The van der Waals surface area contributed by atoms with Gasteiger partial charge in [-0.2, -0.15) is 0 Å². The summed E-state index contributed by atoms with van der Waals surface area (Å²) >= 11 is 6.11. The van der Waals surface area contributed by atoms with Crippen LogP contribution in [-0.2, 0) is 6.42 Å². The Morgan fingerprint density at radius 2 is 1.95 bits per heavy atom. The lowest BCUT2D eigenvalue weighted by Crippen LogP contribution is -2.60. The van der Waals surface area contributed by atoms with Gasteiger partial charge in [-0.05, 0) is 45.5 Å². The van der Waals surface area contributed by atoms with Gasteiger partial charge in [0.05, 0.1) is 0 Å². The molecule has 3 nitrogen and oxygen atoms in total. The lowest BCUT2D eigenvalue weighted by atomic mass is 9.87. The molecule has 5 heteroatoms. The molecule has 1 aromatic rings. The first-order chi connectivity index (χ1) is 9.38. The minimum Gasteiger partial charge on any atom is -0.297 e. The molecular weight excluding hydrogens is 277 g/mol. The van der Waals surface area contributed by atoms with Crippen molar-refractivity contribution in [3.05, 3.63) is 34.6 Å². The summed E-state index contributed by atoms with van der Waals surface area (Å²) in [6.45, 7) is 10.3. The highest BCUT2D eigenvalue weighted by Gasteiger charge is 2.34. The van der Waals surface area contributed by atoms with Crippen molar-refractivity contribution in [2.75, 3.05) is 13.1 Å². The average Bonchev–Trinajstić information content (AvgIpc) is 2.39. The molecule has 1 atom stereocenters. The molecule has 0 fully saturated rings. The van der Waals surface area contributed by atoms with Gasteiger partial charge in [0.25, 0.3) is 0 Å². The molecule has 1 aromatic carbocycles. The molecule has 0 aliphatic heterocycles. The number of nitrogens with one attached hydrogen (secondary N) is 1. The molecule has 1 rings (SSSR count). The summed E-state index contributed by atoms with van der Waals surface area (Å²) in [6, 6.07) is 4.65. The quantitative estimate of drug-likeness (QED) is 0.601. The van der Waals surface area contributed by atoms with Crippen LogP contribution in [0.3, 0.4) is 0 Å². The third-order valence-corrected chi connectivity index (χ3v) is 4.46. The van der Waals surface area contributed by atoms with Crippen LogP contribution in [0.5, 0.6) is 0 Å². The molecule has 20 heavy (non-hydrogen) atoms. The number of benzene rings is 1. The molecule has 0 aromatic heterocycles. The van der Waals surface area contributed by atoms with Crippen LogP contribution < -0.4 is 11.3 Å². The molecule has 0 heterocycles. The van der Waals surface area contributed by atoms with E-state index in [0.29, 0.717) is 17.0 Å². The SMILES string of the molecule is CCN(CC)C(C)(C)C(Cc1c(F)cccc1Cl)NN. The fourth-order valence-corrected chi connectivity index (χ4v) is 2.94. The van der Waals surface area contributed by atoms with Crippen LogP contribution in [0.15, 0.2) is 18.2 Å². The molecular formula is C15H25ClFN3. The van der Waals surface area contributed by atoms with Gasteiger partial charge in [-0.25, -0.2) is 4.39 Å². The van der Waals surface area contributed by atoms with E-state index in [2.05, 4.69) is 38.0 Å². The van der Waals surface area contributed by atoms with Crippen LogP contribution in [0.4, 0.5) is 4.39 Å². The van der Waals surface area contributed by atoms with E-state index in [9.17, 15) is 4.39 Å². The lowest BCUT2D eigenvalue weighted by Gasteiger charge is -2.43. The Morgan fingerprint density at radius 1 is 1.35 bits per heavy atom. The van der Waals surface area contributed by atoms with E-state index in [-0.39, 0.29) is 17.4 Å². The maximum Gasteiger partial charge on any atom is 0.127 e. The smallest absolute Gasteiger partial charge is 0.127 e. The van der Waals surface area contributed by atoms with Crippen molar-refractivity contribution >= 4 is 11.6 Å². The van der Waals surface area contributed by atoms with Crippen LogP contribution in [0.1, 0.15) is 33.3 Å². The largest absolute Gasteiger partial charge is 0.297 e. The van der Waals surface area contributed by atoms with Gasteiger partial charge in [0.1, 0.15) is 5.82 Å². The number of hydrazine groups is 1. The van der Waals surface area contributed by atoms with Crippen molar-refractivity contribution < 1.29 is 4.39 Å². The number of hydrogen-bond donors (Lipinski definition) is 2. The minimum absolute atomic E-state index is 0.100. The first kappa shape index (κ1) is 17.4. The standard InChI is InChI=1S/C15H25ClFN3/c1-5-20(6-2)15(3,4)14(19-18)10-11-12(16)8-7-9-13(11)17/h7-9,14,19H,5-6,10,18H2,1-4H3. The molecule has 1 unspecified atom stereocenters. The van der Waals surface area contributed by atoms with E-state index in [1.165, 1.54) is 6.07 Å². The summed E-state index contributed by atoms with van der Waals surface area (Å²) in [5.41, 5.74) is 3.13. The van der Waals surface area contributed by atoms with E-state index < -0.39 is 0 Å². The Labute approximate surface area is 126 Å². The first-order valence-electron chi connectivity index (χ1n) is 7.02. The van der Waals surface area contributed by atoms with Crippen molar-refractivity contribution in [3.63, 3.8) is 0 Å².